The van der Waals surface area contributed by atoms with E-state index in [1.165, 1.54) is 6.07 Å². The number of aryl methyl sites for hydroxylation is 1. The van der Waals surface area contributed by atoms with Gasteiger partial charge in [-0.25, -0.2) is 4.39 Å². The molecule has 3 heteroatoms. The molecule has 94 valence electrons. The highest BCUT2D eigenvalue weighted by Crippen LogP contribution is 2.24. The maximum atomic E-state index is 13.2. The Morgan fingerprint density at radius 2 is 1.89 bits per heavy atom. The minimum Gasteiger partial charge on any atom is -0.384 e. The van der Waals surface area contributed by atoms with Crippen LogP contribution in [0.5, 0.6) is 0 Å². The molecule has 0 saturated carbocycles. The fraction of sp³-hybridized carbons (Fsp3) is 0.200. The molecule has 0 aliphatic rings. The predicted molar refractivity (Wildman–Crippen MR) is 69.5 cm³/mol. The van der Waals surface area contributed by atoms with Gasteiger partial charge in [-0.05, 0) is 35.2 Å². The normalized spacial score (nSPS) is 12.4. The van der Waals surface area contributed by atoms with Gasteiger partial charge in [-0.15, -0.1) is 0 Å². The molecule has 2 nitrogen and oxygen atoms in total. The first-order valence-electron chi connectivity index (χ1n) is 5.85. The van der Waals surface area contributed by atoms with Crippen molar-refractivity contribution >= 4 is 0 Å². The lowest BCUT2D eigenvalue weighted by atomic mass is 9.98. The Kier molecular flexibility index (Phi) is 3.75. The molecule has 0 heterocycles. The van der Waals surface area contributed by atoms with Gasteiger partial charge >= 0.3 is 0 Å². The third-order valence-corrected chi connectivity index (χ3v) is 3.00. The summed E-state index contributed by atoms with van der Waals surface area (Å²) in [4.78, 5) is 0. The van der Waals surface area contributed by atoms with Gasteiger partial charge in [-0.1, -0.05) is 36.4 Å². The second-order valence-corrected chi connectivity index (χ2v) is 4.36. The van der Waals surface area contributed by atoms with E-state index in [4.69, 9.17) is 5.73 Å². The number of hydrogen-bond donors (Lipinski definition) is 2. The highest BCUT2D eigenvalue weighted by molar-refractivity contribution is 5.34. The first-order valence-corrected chi connectivity index (χ1v) is 5.85. The van der Waals surface area contributed by atoms with E-state index in [-0.39, 0.29) is 5.82 Å². The molecule has 0 fully saturated rings. The van der Waals surface area contributed by atoms with Crippen molar-refractivity contribution in [2.45, 2.75) is 19.6 Å². The molecule has 2 aromatic rings. The molecule has 0 aliphatic carbocycles. The number of aliphatic hydroxyl groups is 1. The topological polar surface area (TPSA) is 46.2 Å². The van der Waals surface area contributed by atoms with E-state index >= 15 is 0 Å². The molecule has 0 aromatic heterocycles. The van der Waals surface area contributed by atoms with Crippen molar-refractivity contribution in [3.05, 3.63) is 70.5 Å². The molecule has 0 spiro atoms. The molecule has 3 N–H and O–H groups in total. The first kappa shape index (κ1) is 12.7. The number of nitrogens with two attached hydrogens (primary N) is 1. The third kappa shape index (κ3) is 2.58. The largest absolute Gasteiger partial charge is 0.384 e. The third-order valence-electron chi connectivity index (χ3n) is 3.00. The van der Waals surface area contributed by atoms with Crippen LogP contribution < -0.4 is 5.73 Å². The van der Waals surface area contributed by atoms with Gasteiger partial charge in [0.15, 0.2) is 0 Å². The fourth-order valence-electron chi connectivity index (χ4n) is 1.92. The molecule has 2 aromatic carbocycles. The number of benzene rings is 2. The zero-order valence-electron chi connectivity index (χ0n) is 10.2. The van der Waals surface area contributed by atoms with Crippen LogP contribution in [0, 0.1) is 12.7 Å². The van der Waals surface area contributed by atoms with Crippen LogP contribution in [0.25, 0.3) is 0 Å². The monoisotopic (exact) mass is 245 g/mol. The molecule has 1 atom stereocenters. The van der Waals surface area contributed by atoms with Gasteiger partial charge in [0, 0.05) is 6.54 Å². The molecular formula is C15H16FNO. The zero-order valence-corrected chi connectivity index (χ0v) is 10.2. The smallest absolute Gasteiger partial charge is 0.126 e. The lowest BCUT2D eigenvalue weighted by Crippen LogP contribution is -2.03. The van der Waals surface area contributed by atoms with Gasteiger partial charge in [0.2, 0.25) is 0 Å². The minimum atomic E-state index is -0.754. The number of halogens is 1. The predicted octanol–water partition coefficient (Wildman–Crippen LogP) is 2.67. The van der Waals surface area contributed by atoms with Gasteiger partial charge in [-0.2, -0.15) is 0 Å². The van der Waals surface area contributed by atoms with Crippen LogP contribution in [0.2, 0.25) is 0 Å². The van der Waals surface area contributed by atoms with Crippen molar-refractivity contribution in [2.75, 3.05) is 0 Å². The minimum absolute atomic E-state index is 0.262. The number of hydrogen-bond acceptors (Lipinski definition) is 2. The van der Waals surface area contributed by atoms with Crippen molar-refractivity contribution in [1.82, 2.24) is 0 Å². The average molecular weight is 245 g/mol. The fourth-order valence-corrected chi connectivity index (χ4v) is 1.92. The van der Waals surface area contributed by atoms with Crippen molar-refractivity contribution in [1.29, 1.82) is 0 Å². The van der Waals surface area contributed by atoms with Gasteiger partial charge in [0.05, 0.1) is 0 Å². The molecule has 1 unspecified atom stereocenters. The van der Waals surface area contributed by atoms with Gasteiger partial charge < -0.3 is 10.8 Å². The highest BCUT2D eigenvalue weighted by Gasteiger charge is 2.11. The highest BCUT2D eigenvalue weighted by atomic mass is 19.1. The van der Waals surface area contributed by atoms with Crippen LogP contribution in [-0.2, 0) is 6.54 Å². The van der Waals surface area contributed by atoms with Crippen LogP contribution in [0.15, 0.2) is 42.5 Å². The quantitative estimate of drug-likeness (QED) is 0.873. The summed E-state index contributed by atoms with van der Waals surface area (Å²) in [5.41, 5.74) is 8.51. The molecule has 0 bridgehead atoms. The lowest BCUT2D eigenvalue weighted by molar-refractivity contribution is 0.220. The summed E-state index contributed by atoms with van der Waals surface area (Å²) in [5.74, 6) is -0.262. The van der Waals surface area contributed by atoms with E-state index in [9.17, 15) is 9.50 Å². The Labute approximate surface area is 106 Å². The molecular weight excluding hydrogens is 229 g/mol. The Balaban J connectivity index is 2.34. The van der Waals surface area contributed by atoms with E-state index in [0.717, 1.165) is 11.1 Å². The SMILES string of the molecule is Cc1cc(C(O)c2cccc(CN)c2)ccc1F. The summed E-state index contributed by atoms with van der Waals surface area (Å²) in [7, 11) is 0. The molecule has 0 radical (unpaired) electrons. The summed E-state index contributed by atoms with van der Waals surface area (Å²) in [6.45, 7) is 2.12. The van der Waals surface area contributed by atoms with Crippen LogP contribution in [0.1, 0.15) is 28.4 Å². The van der Waals surface area contributed by atoms with Crippen LogP contribution in [0.4, 0.5) is 4.39 Å². The molecule has 0 saturated heterocycles. The van der Waals surface area contributed by atoms with E-state index < -0.39 is 6.10 Å². The van der Waals surface area contributed by atoms with Gasteiger partial charge in [-0.3, -0.25) is 0 Å². The molecule has 18 heavy (non-hydrogen) atoms. The Morgan fingerprint density at radius 1 is 1.17 bits per heavy atom. The van der Waals surface area contributed by atoms with Crippen LogP contribution in [0.3, 0.4) is 0 Å². The van der Waals surface area contributed by atoms with E-state index in [1.54, 1.807) is 19.1 Å². The Morgan fingerprint density at radius 3 is 2.56 bits per heavy atom. The van der Waals surface area contributed by atoms with E-state index in [1.807, 2.05) is 24.3 Å². The Bertz CT molecular complexity index is 554. The van der Waals surface area contributed by atoms with Crippen LogP contribution in [-0.4, -0.2) is 5.11 Å². The number of rotatable bonds is 3. The maximum absolute atomic E-state index is 13.2. The summed E-state index contributed by atoms with van der Waals surface area (Å²) in [5, 5.41) is 10.3. The van der Waals surface area contributed by atoms with Crippen molar-refractivity contribution < 1.29 is 9.50 Å². The van der Waals surface area contributed by atoms with E-state index in [2.05, 4.69) is 0 Å². The summed E-state index contributed by atoms with van der Waals surface area (Å²) in [6, 6.07) is 12.1. The van der Waals surface area contributed by atoms with Gasteiger partial charge in [0.1, 0.15) is 11.9 Å². The molecule has 2 rings (SSSR count). The van der Waals surface area contributed by atoms with Gasteiger partial charge in [0.25, 0.3) is 0 Å². The lowest BCUT2D eigenvalue weighted by Gasteiger charge is -2.13. The second-order valence-electron chi connectivity index (χ2n) is 4.36. The molecule has 0 amide bonds. The zero-order chi connectivity index (χ0) is 13.1. The van der Waals surface area contributed by atoms with Crippen molar-refractivity contribution in [2.24, 2.45) is 5.73 Å². The standard InChI is InChI=1S/C15H16FNO/c1-10-7-13(5-6-14(10)16)15(18)12-4-2-3-11(8-12)9-17/h2-8,15,18H,9,17H2,1H3. The van der Waals surface area contributed by atoms with E-state index in [0.29, 0.717) is 17.7 Å². The second kappa shape index (κ2) is 5.29. The first-order chi connectivity index (χ1) is 8.61. The summed E-state index contributed by atoms with van der Waals surface area (Å²) < 4.78 is 13.2. The van der Waals surface area contributed by atoms with Crippen molar-refractivity contribution in [3.63, 3.8) is 0 Å². The average Bonchev–Trinajstić information content (AvgIpc) is 2.41. The Hall–Kier alpha value is -1.71. The molecule has 0 aliphatic heterocycles. The van der Waals surface area contributed by atoms with Crippen LogP contribution >= 0.6 is 0 Å². The summed E-state index contributed by atoms with van der Waals surface area (Å²) >= 11 is 0. The number of aliphatic hydroxyl groups excluding tert-OH is 1. The summed E-state index contributed by atoms with van der Waals surface area (Å²) in [6.07, 6.45) is -0.754. The van der Waals surface area contributed by atoms with Crippen molar-refractivity contribution in [3.8, 4) is 0 Å². The maximum Gasteiger partial charge on any atom is 0.126 e.